The van der Waals surface area contributed by atoms with Gasteiger partial charge in [-0.05, 0) is 95.1 Å². The van der Waals surface area contributed by atoms with Crippen molar-refractivity contribution in [1.29, 1.82) is 0 Å². The third kappa shape index (κ3) is 5.15. The van der Waals surface area contributed by atoms with Gasteiger partial charge in [0.05, 0.1) is 5.02 Å². The van der Waals surface area contributed by atoms with Crippen molar-refractivity contribution in [2.75, 3.05) is 9.80 Å². The average Bonchev–Trinajstić information content (AvgIpc) is 3.37. The Kier molecular flexibility index (Phi) is 7.59. The summed E-state index contributed by atoms with van der Waals surface area (Å²) in [6.07, 6.45) is 0. The Labute approximate surface area is 288 Å². The molecular formula is C45H35ClN2. The highest BCUT2D eigenvalue weighted by Crippen LogP contribution is 2.53. The van der Waals surface area contributed by atoms with E-state index in [9.17, 15) is 0 Å². The Bertz CT molecular complexity index is 2170. The topological polar surface area (TPSA) is 6.48 Å². The third-order valence-electron chi connectivity index (χ3n) is 9.51. The molecule has 48 heavy (non-hydrogen) atoms. The van der Waals surface area contributed by atoms with E-state index in [1.165, 1.54) is 16.7 Å². The van der Waals surface area contributed by atoms with E-state index in [4.69, 9.17) is 11.6 Å². The van der Waals surface area contributed by atoms with Gasteiger partial charge >= 0.3 is 0 Å². The van der Waals surface area contributed by atoms with Gasteiger partial charge in [-0.2, -0.15) is 0 Å². The second-order valence-corrected chi connectivity index (χ2v) is 13.1. The predicted molar refractivity (Wildman–Crippen MR) is 204 cm³/mol. The summed E-state index contributed by atoms with van der Waals surface area (Å²) in [5.41, 5.74) is 13.5. The number of benzene rings is 7. The number of para-hydroxylation sites is 3. The van der Waals surface area contributed by atoms with Crippen LogP contribution in [-0.4, -0.2) is 0 Å². The molecule has 0 bridgehead atoms. The van der Waals surface area contributed by atoms with E-state index in [1.54, 1.807) is 0 Å². The van der Waals surface area contributed by atoms with Crippen molar-refractivity contribution in [2.24, 2.45) is 0 Å². The molecule has 0 amide bonds. The van der Waals surface area contributed by atoms with Crippen LogP contribution in [-0.2, 0) is 5.41 Å². The maximum absolute atomic E-state index is 7.34. The van der Waals surface area contributed by atoms with Gasteiger partial charge in [-0.25, -0.2) is 0 Å². The fourth-order valence-corrected chi connectivity index (χ4v) is 7.54. The Balaban J connectivity index is 1.21. The second kappa shape index (κ2) is 12.2. The van der Waals surface area contributed by atoms with E-state index in [1.807, 2.05) is 0 Å². The normalized spacial score (nSPS) is 12.6. The Morgan fingerprint density at radius 3 is 1.42 bits per heavy atom. The van der Waals surface area contributed by atoms with Crippen molar-refractivity contribution in [3.05, 3.63) is 192 Å². The van der Waals surface area contributed by atoms with Crippen LogP contribution in [0.3, 0.4) is 0 Å². The molecule has 0 unspecified atom stereocenters. The van der Waals surface area contributed by atoms with Gasteiger partial charge < -0.3 is 9.80 Å². The van der Waals surface area contributed by atoms with Crippen molar-refractivity contribution >= 4 is 45.7 Å². The van der Waals surface area contributed by atoms with Crippen molar-refractivity contribution in [3.8, 4) is 22.3 Å². The first kappa shape index (κ1) is 29.8. The maximum Gasteiger partial charge on any atom is 0.0565 e. The summed E-state index contributed by atoms with van der Waals surface area (Å²) >= 11 is 7.34. The zero-order valence-corrected chi connectivity index (χ0v) is 27.8. The van der Waals surface area contributed by atoms with Crippen LogP contribution in [0.5, 0.6) is 0 Å². The van der Waals surface area contributed by atoms with E-state index < -0.39 is 0 Å². The molecule has 0 atom stereocenters. The van der Waals surface area contributed by atoms with Gasteiger partial charge in [0.2, 0.25) is 0 Å². The zero-order valence-electron chi connectivity index (χ0n) is 27.0. The molecule has 0 aromatic heterocycles. The van der Waals surface area contributed by atoms with Gasteiger partial charge in [0.25, 0.3) is 0 Å². The fraction of sp³-hybridized carbons (Fsp3) is 0.0667. The van der Waals surface area contributed by atoms with Gasteiger partial charge in [-0.1, -0.05) is 129 Å². The molecule has 0 N–H and O–H groups in total. The quantitative estimate of drug-likeness (QED) is 0.171. The van der Waals surface area contributed by atoms with Gasteiger partial charge in [0.15, 0.2) is 0 Å². The molecule has 3 heteroatoms. The molecule has 7 aromatic carbocycles. The van der Waals surface area contributed by atoms with Crippen LogP contribution in [0.2, 0.25) is 5.02 Å². The largest absolute Gasteiger partial charge is 0.311 e. The van der Waals surface area contributed by atoms with Gasteiger partial charge in [-0.15, -0.1) is 0 Å². The molecule has 1 aliphatic carbocycles. The first-order valence-corrected chi connectivity index (χ1v) is 16.8. The summed E-state index contributed by atoms with van der Waals surface area (Å²) in [4.78, 5) is 4.59. The average molecular weight is 639 g/mol. The molecule has 1 aliphatic rings. The highest BCUT2D eigenvalue weighted by Gasteiger charge is 2.37. The van der Waals surface area contributed by atoms with E-state index in [0.29, 0.717) is 0 Å². The Morgan fingerprint density at radius 2 is 0.854 bits per heavy atom. The number of rotatable bonds is 7. The van der Waals surface area contributed by atoms with Crippen LogP contribution in [0, 0.1) is 0 Å². The van der Waals surface area contributed by atoms with Crippen LogP contribution in [0.15, 0.2) is 176 Å². The minimum atomic E-state index is -0.0944. The van der Waals surface area contributed by atoms with Crippen molar-refractivity contribution in [3.63, 3.8) is 0 Å². The van der Waals surface area contributed by atoms with E-state index in [-0.39, 0.29) is 5.41 Å². The Morgan fingerprint density at radius 1 is 0.396 bits per heavy atom. The molecule has 7 aromatic rings. The summed E-state index contributed by atoms with van der Waals surface area (Å²) in [5, 5.41) is 0.806. The van der Waals surface area contributed by atoms with Crippen LogP contribution in [0.1, 0.15) is 25.0 Å². The van der Waals surface area contributed by atoms with Gasteiger partial charge in [0.1, 0.15) is 0 Å². The molecule has 0 fully saturated rings. The number of halogens is 1. The number of hydrogen-bond acceptors (Lipinski definition) is 2. The predicted octanol–water partition coefficient (Wildman–Crippen LogP) is 13.3. The summed E-state index contributed by atoms with van der Waals surface area (Å²) in [7, 11) is 0. The molecule has 0 radical (unpaired) electrons. The number of anilines is 6. The molecular weight excluding hydrogens is 604 g/mol. The smallest absolute Gasteiger partial charge is 0.0565 e. The lowest BCUT2D eigenvalue weighted by atomic mass is 9.82. The first-order chi connectivity index (χ1) is 23.5. The summed E-state index contributed by atoms with van der Waals surface area (Å²) in [6, 6.07) is 62.2. The SMILES string of the molecule is CC1(C)c2ccccc2-c2c1ccc(-c1cccc(N(c3ccccc3)c3ccc(N(c4ccccc4)c4ccccc4)cc3)c1)c2Cl. The number of fused-ring (bicyclic) bond motifs is 3. The zero-order chi connectivity index (χ0) is 32.7. The van der Waals surface area contributed by atoms with E-state index in [2.05, 4.69) is 200 Å². The molecule has 0 saturated heterocycles. The lowest BCUT2D eigenvalue weighted by Crippen LogP contribution is -2.14. The molecule has 2 nitrogen and oxygen atoms in total. The molecule has 0 heterocycles. The maximum atomic E-state index is 7.34. The molecule has 8 rings (SSSR count). The Hall–Kier alpha value is -5.57. The van der Waals surface area contributed by atoms with Crippen molar-refractivity contribution in [1.82, 2.24) is 0 Å². The minimum Gasteiger partial charge on any atom is -0.311 e. The molecule has 0 spiro atoms. The van der Waals surface area contributed by atoms with E-state index in [0.717, 1.165) is 55.8 Å². The molecule has 232 valence electrons. The van der Waals surface area contributed by atoms with Crippen LogP contribution in [0.4, 0.5) is 34.1 Å². The summed E-state index contributed by atoms with van der Waals surface area (Å²) < 4.78 is 0. The van der Waals surface area contributed by atoms with Crippen molar-refractivity contribution < 1.29 is 0 Å². The highest BCUT2D eigenvalue weighted by atomic mass is 35.5. The van der Waals surface area contributed by atoms with Gasteiger partial charge in [-0.3, -0.25) is 0 Å². The third-order valence-corrected chi connectivity index (χ3v) is 9.90. The molecule has 0 saturated carbocycles. The van der Waals surface area contributed by atoms with Crippen LogP contribution >= 0.6 is 11.6 Å². The van der Waals surface area contributed by atoms with E-state index >= 15 is 0 Å². The highest BCUT2D eigenvalue weighted by molar-refractivity contribution is 6.36. The lowest BCUT2D eigenvalue weighted by molar-refractivity contribution is 0.660. The summed E-state index contributed by atoms with van der Waals surface area (Å²) in [5.74, 6) is 0. The molecule has 0 aliphatic heterocycles. The number of hydrogen-bond donors (Lipinski definition) is 0. The fourth-order valence-electron chi connectivity index (χ4n) is 7.16. The van der Waals surface area contributed by atoms with Gasteiger partial charge in [0, 0.05) is 50.7 Å². The number of nitrogens with zero attached hydrogens (tertiary/aromatic N) is 2. The second-order valence-electron chi connectivity index (χ2n) is 12.8. The lowest BCUT2D eigenvalue weighted by Gasteiger charge is -2.28. The monoisotopic (exact) mass is 638 g/mol. The van der Waals surface area contributed by atoms with Crippen molar-refractivity contribution in [2.45, 2.75) is 19.3 Å². The summed E-state index contributed by atoms with van der Waals surface area (Å²) in [6.45, 7) is 4.58. The minimum absolute atomic E-state index is 0.0944. The van der Waals surface area contributed by atoms with Crippen LogP contribution < -0.4 is 9.80 Å². The first-order valence-electron chi connectivity index (χ1n) is 16.4. The van der Waals surface area contributed by atoms with Crippen LogP contribution in [0.25, 0.3) is 22.3 Å². The standard InChI is InChI=1S/C45H35ClN2/c1-45(2)41-24-13-12-23-40(41)43-42(45)30-29-39(44(43)46)32-15-14-22-38(31-32)48(35-20-10-5-11-21-35)37-27-25-36(26-28-37)47(33-16-6-3-7-17-33)34-18-8-4-9-19-34/h3-31H,1-2H3.